The van der Waals surface area contributed by atoms with E-state index in [-0.39, 0.29) is 18.3 Å². The second-order valence-electron chi connectivity index (χ2n) is 6.55. The van der Waals surface area contributed by atoms with Gasteiger partial charge in [0, 0.05) is 31.0 Å². The smallest absolute Gasteiger partial charge is 0.253 e. The van der Waals surface area contributed by atoms with Crippen LogP contribution in [0.25, 0.3) is 5.69 Å². The van der Waals surface area contributed by atoms with Crippen LogP contribution < -0.4 is 5.32 Å². The number of nitrogens with zero attached hydrogens (tertiary/aromatic N) is 3. The third kappa shape index (κ3) is 3.32. The summed E-state index contributed by atoms with van der Waals surface area (Å²) in [5, 5.41) is 7.72. The lowest BCUT2D eigenvalue weighted by Gasteiger charge is -2.21. The van der Waals surface area contributed by atoms with E-state index < -0.39 is 0 Å². The van der Waals surface area contributed by atoms with Gasteiger partial charge in [-0.05, 0) is 62.0 Å². The van der Waals surface area contributed by atoms with Crippen LogP contribution in [-0.2, 0) is 0 Å². The van der Waals surface area contributed by atoms with Crippen molar-refractivity contribution < 1.29 is 4.79 Å². The molecule has 3 heterocycles. The van der Waals surface area contributed by atoms with E-state index in [4.69, 9.17) is 0 Å². The van der Waals surface area contributed by atoms with Gasteiger partial charge in [-0.25, -0.2) is 4.68 Å². The molecule has 0 radical (unpaired) electrons. The van der Waals surface area contributed by atoms with Crippen LogP contribution in [0.15, 0.2) is 42.7 Å². The molecule has 2 atom stereocenters. The lowest BCUT2D eigenvalue weighted by molar-refractivity contribution is 0.0758. The third-order valence-corrected chi connectivity index (χ3v) is 5.17. The molecule has 2 aromatic rings. The Morgan fingerprint density at radius 1 is 1.12 bits per heavy atom. The van der Waals surface area contributed by atoms with Gasteiger partial charge in [0.1, 0.15) is 0 Å². The van der Waals surface area contributed by atoms with Gasteiger partial charge in [-0.1, -0.05) is 6.07 Å². The van der Waals surface area contributed by atoms with Crippen molar-refractivity contribution in [2.24, 2.45) is 11.8 Å². The average Bonchev–Trinajstić information content (AvgIpc) is 3.23. The maximum Gasteiger partial charge on any atom is 0.253 e. The molecule has 4 rings (SSSR count). The number of carbonyl (C=O) groups excluding carboxylic acids is 1. The van der Waals surface area contributed by atoms with Crippen molar-refractivity contribution in [2.75, 3.05) is 26.2 Å². The topological polar surface area (TPSA) is 50.2 Å². The molecule has 5 nitrogen and oxygen atoms in total. The fraction of sp³-hybridized carbons (Fsp3) is 0.444. The molecule has 0 saturated carbocycles. The molecule has 6 heteroatoms. The highest BCUT2D eigenvalue weighted by atomic mass is 35.5. The third-order valence-electron chi connectivity index (χ3n) is 5.17. The van der Waals surface area contributed by atoms with E-state index in [1.807, 2.05) is 41.4 Å². The van der Waals surface area contributed by atoms with Crippen molar-refractivity contribution in [3.05, 3.63) is 48.3 Å². The first-order valence-electron chi connectivity index (χ1n) is 8.41. The highest BCUT2D eigenvalue weighted by Gasteiger charge is 2.31. The summed E-state index contributed by atoms with van der Waals surface area (Å²) in [6, 6.07) is 9.63. The monoisotopic (exact) mass is 346 g/mol. The standard InChI is InChI=1S/C18H22N4O.ClH/c23-18(21-9-5-15-12-19-13-16(15)6-10-21)14-3-1-4-17(11-14)22-8-2-7-20-22;/h1-4,7-8,11,15-16,19H,5-6,9-10,12-13H2;1H/t15-,16+;. The average molecular weight is 347 g/mol. The summed E-state index contributed by atoms with van der Waals surface area (Å²) in [7, 11) is 0. The molecule has 2 saturated heterocycles. The zero-order valence-electron chi connectivity index (χ0n) is 13.6. The fourth-order valence-corrected chi connectivity index (χ4v) is 3.81. The van der Waals surface area contributed by atoms with Crippen LogP contribution in [0.1, 0.15) is 23.2 Å². The predicted octanol–water partition coefficient (Wildman–Crippen LogP) is 2.37. The van der Waals surface area contributed by atoms with E-state index in [9.17, 15) is 4.79 Å². The van der Waals surface area contributed by atoms with Crippen LogP contribution in [0, 0.1) is 11.8 Å². The summed E-state index contributed by atoms with van der Waals surface area (Å²) in [6.45, 7) is 3.96. The van der Waals surface area contributed by atoms with E-state index in [0.717, 1.165) is 62.1 Å². The highest BCUT2D eigenvalue weighted by Crippen LogP contribution is 2.27. The van der Waals surface area contributed by atoms with Gasteiger partial charge in [0.15, 0.2) is 0 Å². The van der Waals surface area contributed by atoms with E-state index in [2.05, 4.69) is 10.4 Å². The van der Waals surface area contributed by atoms with Gasteiger partial charge in [-0.15, -0.1) is 12.4 Å². The van der Waals surface area contributed by atoms with Gasteiger partial charge in [0.2, 0.25) is 0 Å². The number of aromatic nitrogens is 2. The summed E-state index contributed by atoms with van der Waals surface area (Å²) >= 11 is 0. The van der Waals surface area contributed by atoms with Gasteiger partial charge < -0.3 is 10.2 Å². The molecule has 0 bridgehead atoms. The molecule has 128 valence electrons. The fourth-order valence-electron chi connectivity index (χ4n) is 3.81. The van der Waals surface area contributed by atoms with Gasteiger partial charge in [0.05, 0.1) is 5.69 Å². The summed E-state index contributed by atoms with van der Waals surface area (Å²) in [5.74, 6) is 1.62. The molecule has 2 aliphatic heterocycles. The molecule has 1 N–H and O–H groups in total. The largest absolute Gasteiger partial charge is 0.339 e. The Labute approximate surface area is 148 Å². The van der Waals surface area contributed by atoms with E-state index in [1.54, 1.807) is 10.9 Å². The van der Waals surface area contributed by atoms with Gasteiger partial charge in [0.25, 0.3) is 5.91 Å². The molecule has 2 fully saturated rings. The summed E-state index contributed by atoms with van der Waals surface area (Å²) < 4.78 is 1.79. The predicted molar refractivity (Wildman–Crippen MR) is 95.8 cm³/mol. The molecular weight excluding hydrogens is 324 g/mol. The van der Waals surface area contributed by atoms with Gasteiger partial charge in [-0.3, -0.25) is 4.79 Å². The van der Waals surface area contributed by atoms with Crippen LogP contribution in [0.3, 0.4) is 0 Å². The molecular formula is C18H23ClN4O. The lowest BCUT2D eigenvalue weighted by atomic mass is 9.92. The van der Waals surface area contributed by atoms with E-state index >= 15 is 0 Å². The number of carbonyl (C=O) groups is 1. The number of halogens is 1. The Morgan fingerprint density at radius 3 is 2.54 bits per heavy atom. The van der Waals surface area contributed by atoms with Crippen LogP contribution in [-0.4, -0.2) is 46.8 Å². The van der Waals surface area contributed by atoms with Crippen molar-refractivity contribution in [3.8, 4) is 5.69 Å². The highest BCUT2D eigenvalue weighted by molar-refractivity contribution is 5.94. The number of nitrogens with one attached hydrogen (secondary N) is 1. The first-order chi connectivity index (χ1) is 11.3. The zero-order valence-corrected chi connectivity index (χ0v) is 14.4. The Kier molecular flexibility index (Phi) is 5.21. The molecule has 0 unspecified atom stereocenters. The Balaban J connectivity index is 0.00000169. The summed E-state index contributed by atoms with van der Waals surface area (Å²) in [5.41, 5.74) is 1.68. The maximum absolute atomic E-state index is 12.9. The van der Waals surface area contributed by atoms with Crippen molar-refractivity contribution in [1.82, 2.24) is 20.0 Å². The second-order valence-corrected chi connectivity index (χ2v) is 6.55. The first-order valence-corrected chi connectivity index (χ1v) is 8.41. The SMILES string of the molecule is Cl.O=C(c1cccc(-n2cccn2)c1)N1CC[C@@H]2CNC[C@@H]2CC1. The summed E-state index contributed by atoms with van der Waals surface area (Å²) in [6.07, 6.45) is 5.87. The van der Waals surface area contributed by atoms with Crippen LogP contribution in [0.4, 0.5) is 0 Å². The summed E-state index contributed by atoms with van der Waals surface area (Å²) in [4.78, 5) is 14.9. The van der Waals surface area contributed by atoms with Crippen LogP contribution in [0.5, 0.6) is 0 Å². The zero-order chi connectivity index (χ0) is 15.6. The normalized spacial score (nSPS) is 23.2. The van der Waals surface area contributed by atoms with E-state index in [0.29, 0.717) is 0 Å². The number of hydrogen-bond donors (Lipinski definition) is 1. The maximum atomic E-state index is 12.9. The number of rotatable bonds is 2. The number of likely N-dealkylation sites (tertiary alicyclic amines) is 1. The minimum absolute atomic E-state index is 0. The lowest BCUT2D eigenvalue weighted by Crippen LogP contribution is -2.32. The van der Waals surface area contributed by atoms with E-state index in [1.165, 1.54) is 0 Å². The molecule has 1 aromatic heterocycles. The molecule has 1 amide bonds. The minimum Gasteiger partial charge on any atom is -0.339 e. The quantitative estimate of drug-likeness (QED) is 0.908. The van der Waals surface area contributed by atoms with Crippen molar-refractivity contribution in [2.45, 2.75) is 12.8 Å². The Bertz CT molecular complexity index is 674. The number of amides is 1. The molecule has 0 spiro atoms. The molecule has 24 heavy (non-hydrogen) atoms. The first kappa shape index (κ1) is 17.0. The van der Waals surface area contributed by atoms with Crippen LogP contribution in [0.2, 0.25) is 0 Å². The van der Waals surface area contributed by atoms with Crippen molar-refractivity contribution >= 4 is 18.3 Å². The number of hydrogen-bond acceptors (Lipinski definition) is 3. The van der Waals surface area contributed by atoms with Crippen LogP contribution >= 0.6 is 12.4 Å². The van der Waals surface area contributed by atoms with Gasteiger partial charge in [-0.2, -0.15) is 5.10 Å². The second kappa shape index (κ2) is 7.36. The minimum atomic E-state index is 0. The van der Waals surface area contributed by atoms with Crippen molar-refractivity contribution in [1.29, 1.82) is 0 Å². The van der Waals surface area contributed by atoms with Crippen molar-refractivity contribution in [3.63, 3.8) is 0 Å². The Morgan fingerprint density at radius 2 is 1.88 bits per heavy atom. The Hall–Kier alpha value is -1.85. The van der Waals surface area contributed by atoms with Gasteiger partial charge >= 0.3 is 0 Å². The number of benzene rings is 1. The molecule has 2 aliphatic rings. The number of fused-ring (bicyclic) bond motifs is 1. The molecule has 0 aliphatic carbocycles. The molecule has 1 aromatic carbocycles.